The van der Waals surface area contributed by atoms with E-state index in [9.17, 15) is 0 Å². The molecular formula is C15H17ClN2O. The van der Waals surface area contributed by atoms with Crippen LogP contribution in [0.4, 0.5) is 5.69 Å². The minimum atomic E-state index is 0.519. The highest BCUT2D eigenvalue weighted by atomic mass is 35.5. The van der Waals surface area contributed by atoms with Crippen LogP contribution in [0.5, 0.6) is 0 Å². The molecule has 1 saturated carbocycles. The van der Waals surface area contributed by atoms with Gasteiger partial charge in [0, 0.05) is 5.92 Å². The summed E-state index contributed by atoms with van der Waals surface area (Å²) in [5.74, 6) is 3.49. The molecule has 2 aromatic heterocycles. The summed E-state index contributed by atoms with van der Waals surface area (Å²) in [6.07, 6.45) is 1.25. The van der Waals surface area contributed by atoms with Crippen LogP contribution in [0.2, 0.25) is 5.15 Å². The van der Waals surface area contributed by atoms with Crippen molar-refractivity contribution in [1.82, 2.24) is 4.98 Å². The SMILES string of the molecule is Cc1nc(Cl)ccc1NCc1ccc(C2CC2C)o1. The fraction of sp³-hybridized carbons (Fsp3) is 0.400. The molecule has 2 aromatic rings. The average Bonchev–Trinajstić information content (AvgIpc) is 2.91. The van der Waals surface area contributed by atoms with Gasteiger partial charge in [-0.05, 0) is 43.5 Å². The number of halogens is 1. The van der Waals surface area contributed by atoms with Crippen molar-refractivity contribution in [2.75, 3.05) is 5.32 Å². The van der Waals surface area contributed by atoms with E-state index in [1.807, 2.05) is 19.1 Å². The van der Waals surface area contributed by atoms with Crippen LogP contribution in [-0.2, 0) is 6.54 Å². The lowest BCUT2D eigenvalue weighted by atomic mass is 10.3. The van der Waals surface area contributed by atoms with Crippen LogP contribution in [0.1, 0.15) is 36.5 Å². The molecule has 3 rings (SSSR count). The first kappa shape index (κ1) is 12.5. The minimum absolute atomic E-state index is 0.519. The molecule has 19 heavy (non-hydrogen) atoms. The molecule has 0 spiro atoms. The normalized spacial score (nSPS) is 21.4. The third-order valence-corrected chi connectivity index (χ3v) is 3.87. The monoisotopic (exact) mass is 276 g/mol. The summed E-state index contributed by atoms with van der Waals surface area (Å²) in [5, 5.41) is 3.84. The molecule has 0 amide bonds. The minimum Gasteiger partial charge on any atom is -0.464 e. The predicted octanol–water partition coefficient (Wildman–Crippen LogP) is 4.37. The van der Waals surface area contributed by atoms with Gasteiger partial charge in [0.1, 0.15) is 16.7 Å². The van der Waals surface area contributed by atoms with Crippen molar-refractivity contribution >= 4 is 17.3 Å². The third-order valence-electron chi connectivity index (χ3n) is 3.66. The second-order valence-electron chi connectivity index (χ2n) is 5.24. The van der Waals surface area contributed by atoms with Crippen LogP contribution in [-0.4, -0.2) is 4.98 Å². The molecule has 1 aliphatic rings. The van der Waals surface area contributed by atoms with Crippen molar-refractivity contribution < 1.29 is 4.42 Å². The van der Waals surface area contributed by atoms with Crippen LogP contribution < -0.4 is 5.32 Å². The van der Waals surface area contributed by atoms with Gasteiger partial charge >= 0.3 is 0 Å². The molecule has 1 aliphatic carbocycles. The summed E-state index contributed by atoms with van der Waals surface area (Å²) < 4.78 is 5.85. The maximum atomic E-state index is 5.85. The second kappa shape index (κ2) is 4.89. The van der Waals surface area contributed by atoms with Gasteiger partial charge in [-0.3, -0.25) is 0 Å². The topological polar surface area (TPSA) is 38.1 Å². The van der Waals surface area contributed by atoms with Gasteiger partial charge in [0.15, 0.2) is 0 Å². The maximum Gasteiger partial charge on any atom is 0.129 e. The highest BCUT2D eigenvalue weighted by Crippen LogP contribution is 2.47. The third kappa shape index (κ3) is 2.76. The molecule has 4 heteroatoms. The van der Waals surface area contributed by atoms with E-state index in [-0.39, 0.29) is 0 Å². The summed E-state index contributed by atoms with van der Waals surface area (Å²) >= 11 is 5.84. The maximum absolute atomic E-state index is 5.85. The summed E-state index contributed by atoms with van der Waals surface area (Å²) in [5.41, 5.74) is 1.89. The van der Waals surface area contributed by atoms with Crippen LogP contribution in [0, 0.1) is 12.8 Å². The first-order valence-electron chi connectivity index (χ1n) is 6.59. The fourth-order valence-electron chi connectivity index (χ4n) is 2.31. The lowest BCUT2D eigenvalue weighted by Crippen LogP contribution is -2.01. The predicted molar refractivity (Wildman–Crippen MR) is 76.5 cm³/mol. The zero-order valence-corrected chi connectivity index (χ0v) is 11.9. The molecule has 0 bridgehead atoms. The lowest BCUT2D eigenvalue weighted by Gasteiger charge is -2.07. The molecule has 3 nitrogen and oxygen atoms in total. The Labute approximate surface area is 118 Å². The zero-order chi connectivity index (χ0) is 13.4. The van der Waals surface area contributed by atoms with Gasteiger partial charge in [-0.1, -0.05) is 18.5 Å². The molecule has 2 heterocycles. The van der Waals surface area contributed by atoms with Crippen LogP contribution in [0.3, 0.4) is 0 Å². The molecule has 100 valence electrons. The van der Waals surface area contributed by atoms with E-state index in [4.69, 9.17) is 16.0 Å². The Morgan fingerprint density at radius 2 is 2.16 bits per heavy atom. The second-order valence-corrected chi connectivity index (χ2v) is 5.63. The van der Waals surface area contributed by atoms with Crippen molar-refractivity contribution in [3.05, 3.63) is 46.6 Å². The summed E-state index contributed by atoms with van der Waals surface area (Å²) in [6.45, 7) is 4.87. The Balaban J connectivity index is 1.64. The summed E-state index contributed by atoms with van der Waals surface area (Å²) in [6, 6.07) is 7.87. The van der Waals surface area contributed by atoms with Crippen LogP contribution in [0.25, 0.3) is 0 Å². The lowest BCUT2D eigenvalue weighted by molar-refractivity contribution is 0.468. The first-order chi connectivity index (χ1) is 9.13. The molecule has 1 fully saturated rings. The zero-order valence-electron chi connectivity index (χ0n) is 11.1. The Morgan fingerprint density at radius 1 is 1.37 bits per heavy atom. The Morgan fingerprint density at radius 3 is 2.84 bits per heavy atom. The number of nitrogens with zero attached hydrogens (tertiary/aromatic N) is 1. The van der Waals surface area contributed by atoms with Crippen molar-refractivity contribution in [2.24, 2.45) is 5.92 Å². The van der Waals surface area contributed by atoms with E-state index < -0.39 is 0 Å². The highest BCUT2D eigenvalue weighted by Gasteiger charge is 2.36. The molecule has 0 aliphatic heterocycles. The van der Waals surface area contributed by atoms with Crippen molar-refractivity contribution in [3.63, 3.8) is 0 Å². The number of furan rings is 1. The Hall–Kier alpha value is -1.48. The standard InChI is InChI=1S/C15H17ClN2O/c1-9-7-12(9)14-5-3-11(19-14)8-17-13-4-6-15(16)18-10(13)2/h3-6,9,12,17H,7-8H2,1-2H3. The van der Waals surface area contributed by atoms with Gasteiger partial charge < -0.3 is 9.73 Å². The van der Waals surface area contributed by atoms with Gasteiger partial charge in [-0.25, -0.2) is 4.98 Å². The van der Waals surface area contributed by atoms with Crippen LogP contribution >= 0.6 is 11.6 Å². The molecular weight excluding hydrogens is 260 g/mol. The van der Waals surface area contributed by atoms with Gasteiger partial charge in [0.2, 0.25) is 0 Å². The first-order valence-corrected chi connectivity index (χ1v) is 6.97. The Kier molecular flexibility index (Phi) is 3.23. The van der Waals surface area contributed by atoms with Gasteiger partial charge in [0.25, 0.3) is 0 Å². The van der Waals surface area contributed by atoms with Crippen molar-refractivity contribution in [2.45, 2.75) is 32.7 Å². The van der Waals surface area contributed by atoms with Gasteiger partial charge in [-0.2, -0.15) is 0 Å². The number of nitrogens with one attached hydrogen (secondary N) is 1. The summed E-state index contributed by atoms with van der Waals surface area (Å²) in [4.78, 5) is 4.21. The smallest absolute Gasteiger partial charge is 0.129 e. The molecule has 2 unspecified atom stereocenters. The summed E-state index contributed by atoms with van der Waals surface area (Å²) in [7, 11) is 0. The largest absolute Gasteiger partial charge is 0.464 e. The van der Waals surface area contributed by atoms with E-state index in [2.05, 4.69) is 23.3 Å². The molecule has 0 saturated heterocycles. The number of aryl methyl sites for hydroxylation is 1. The number of pyridine rings is 1. The quantitative estimate of drug-likeness (QED) is 0.843. The van der Waals surface area contributed by atoms with E-state index in [0.717, 1.165) is 28.8 Å². The molecule has 0 aromatic carbocycles. The molecule has 0 radical (unpaired) electrons. The van der Waals surface area contributed by atoms with E-state index in [1.165, 1.54) is 6.42 Å². The Bertz CT molecular complexity index is 594. The van der Waals surface area contributed by atoms with E-state index in [0.29, 0.717) is 17.6 Å². The van der Waals surface area contributed by atoms with Crippen LogP contribution in [0.15, 0.2) is 28.7 Å². The van der Waals surface area contributed by atoms with Crippen molar-refractivity contribution in [3.8, 4) is 0 Å². The number of anilines is 1. The number of aromatic nitrogens is 1. The molecule has 2 atom stereocenters. The number of hydrogen-bond acceptors (Lipinski definition) is 3. The molecule has 1 N–H and O–H groups in total. The average molecular weight is 277 g/mol. The van der Waals surface area contributed by atoms with Gasteiger partial charge in [0.05, 0.1) is 17.9 Å². The number of hydrogen-bond donors (Lipinski definition) is 1. The number of rotatable bonds is 4. The highest BCUT2D eigenvalue weighted by molar-refractivity contribution is 6.29. The van der Waals surface area contributed by atoms with E-state index >= 15 is 0 Å². The fourth-order valence-corrected chi connectivity index (χ4v) is 2.50. The van der Waals surface area contributed by atoms with Gasteiger partial charge in [-0.15, -0.1) is 0 Å². The van der Waals surface area contributed by atoms with E-state index in [1.54, 1.807) is 6.07 Å². The van der Waals surface area contributed by atoms with Crippen molar-refractivity contribution in [1.29, 1.82) is 0 Å².